The molecule has 32 heavy (non-hydrogen) atoms. The summed E-state index contributed by atoms with van der Waals surface area (Å²) in [6, 6.07) is 14.4. The third-order valence-electron chi connectivity index (χ3n) is 6.30. The number of piperidine rings is 1. The summed E-state index contributed by atoms with van der Waals surface area (Å²) in [4.78, 5) is 40.8. The molecule has 3 amide bonds. The van der Waals surface area contributed by atoms with Crippen LogP contribution in [-0.2, 0) is 16.1 Å². The lowest BCUT2D eigenvalue weighted by Crippen LogP contribution is -2.45. The molecule has 1 atom stereocenters. The molecule has 1 unspecified atom stereocenters. The van der Waals surface area contributed by atoms with Crippen molar-refractivity contribution < 1.29 is 24.3 Å². The van der Waals surface area contributed by atoms with Crippen LogP contribution in [0.15, 0.2) is 48.5 Å². The van der Waals surface area contributed by atoms with Gasteiger partial charge in [-0.3, -0.25) is 19.6 Å². The van der Waals surface area contributed by atoms with Crippen molar-refractivity contribution in [3.63, 3.8) is 0 Å². The van der Waals surface area contributed by atoms with Crippen LogP contribution >= 0.6 is 0 Å². The zero-order valence-corrected chi connectivity index (χ0v) is 18.0. The summed E-state index contributed by atoms with van der Waals surface area (Å²) in [6.07, 6.45) is 1.28. The summed E-state index contributed by atoms with van der Waals surface area (Å²) in [7, 11) is 0. The fraction of sp³-hybridized carbons (Fsp3) is 0.375. The van der Waals surface area contributed by atoms with Crippen molar-refractivity contribution in [3.05, 3.63) is 65.2 Å². The van der Waals surface area contributed by atoms with Gasteiger partial charge in [-0.15, -0.1) is 0 Å². The second-order valence-corrected chi connectivity index (χ2v) is 8.25. The van der Waals surface area contributed by atoms with E-state index in [9.17, 15) is 14.4 Å². The first-order valence-corrected chi connectivity index (χ1v) is 10.8. The van der Waals surface area contributed by atoms with Crippen molar-refractivity contribution in [2.24, 2.45) is 5.92 Å². The van der Waals surface area contributed by atoms with Crippen molar-refractivity contribution >= 4 is 17.7 Å². The van der Waals surface area contributed by atoms with E-state index in [1.165, 1.54) is 0 Å². The van der Waals surface area contributed by atoms with E-state index < -0.39 is 5.91 Å². The van der Waals surface area contributed by atoms with Gasteiger partial charge in [-0.05, 0) is 30.5 Å². The Balaban J connectivity index is 1.63. The lowest BCUT2D eigenvalue weighted by atomic mass is 9.93. The van der Waals surface area contributed by atoms with Gasteiger partial charge in [0.2, 0.25) is 11.8 Å². The topological polar surface area (TPSA) is 99.2 Å². The van der Waals surface area contributed by atoms with Gasteiger partial charge >= 0.3 is 0 Å². The smallest absolute Gasteiger partial charge is 0.274 e. The monoisotopic (exact) mass is 437 g/mol. The Morgan fingerprint density at radius 1 is 1.06 bits per heavy atom. The largest absolute Gasteiger partial charge is 0.491 e. The van der Waals surface area contributed by atoms with E-state index in [1.807, 2.05) is 35.2 Å². The van der Waals surface area contributed by atoms with E-state index in [0.717, 1.165) is 11.1 Å². The highest BCUT2D eigenvalue weighted by Crippen LogP contribution is 2.34. The molecule has 8 nitrogen and oxygen atoms in total. The Morgan fingerprint density at radius 3 is 2.44 bits per heavy atom. The molecule has 2 aromatic rings. The molecule has 2 heterocycles. The van der Waals surface area contributed by atoms with Crippen LogP contribution in [0.2, 0.25) is 0 Å². The summed E-state index contributed by atoms with van der Waals surface area (Å²) >= 11 is 0. The van der Waals surface area contributed by atoms with Crippen molar-refractivity contribution in [1.82, 2.24) is 15.3 Å². The Kier molecular flexibility index (Phi) is 6.41. The Labute approximate surface area is 186 Å². The number of fused-ring (bicyclic) bond motifs is 1. The normalized spacial score (nSPS) is 18.9. The molecule has 0 saturated carbocycles. The Bertz CT molecular complexity index is 1000. The van der Waals surface area contributed by atoms with E-state index in [4.69, 9.17) is 9.94 Å². The first-order chi connectivity index (χ1) is 15.5. The first-order valence-electron chi connectivity index (χ1n) is 10.8. The summed E-state index contributed by atoms with van der Waals surface area (Å²) in [5, 5.41) is 8.93. The quantitative estimate of drug-likeness (QED) is 0.568. The lowest BCUT2D eigenvalue weighted by molar-refractivity contribution is -0.143. The molecule has 4 rings (SSSR count). The number of nitrogens with one attached hydrogen (secondary N) is 1. The minimum Gasteiger partial charge on any atom is -0.491 e. The van der Waals surface area contributed by atoms with E-state index in [-0.39, 0.29) is 35.9 Å². The molecule has 0 spiro atoms. The van der Waals surface area contributed by atoms with Crippen LogP contribution in [0.1, 0.15) is 47.3 Å². The van der Waals surface area contributed by atoms with Gasteiger partial charge in [0.25, 0.3) is 5.91 Å². The number of rotatable bonds is 3. The molecule has 2 N–H and O–H groups in total. The summed E-state index contributed by atoms with van der Waals surface area (Å²) in [6.45, 7) is 3.33. The van der Waals surface area contributed by atoms with Gasteiger partial charge in [-0.2, -0.15) is 0 Å². The van der Waals surface area contributed by atoms with Gasteiger partial charge < -0.3 is 14.5 Å². The molecule has 0 radical (unpaired) electrons. The Morgan fingerprint density at radius 2 is 1.78 bits per heavy atom. The number of hydrogen-bond donors (Lipinski definition) is 2. The van der Waals surface area contributed by atoms with Gasteiger partial charge in [0.05, 0.1) is 12.6 Å². The standard InChI is InChI=1S/C24H27N3O5/c1-16(28)26-11-9-18(10-12-26)24(30)27-14-20-8-7-19(23(29)25-31)13-22(20)32-15-21(27)17-5-3-2-4-6-17/h2-8,13,18,21,31H,9-12,14-15H2,1H3,(H,25,29). The minimum absolute atomic E-state index is 0.0397. The summed E-state index contributed by atoms with van der Waals surface area (Å²) < 4.78 is 6.06. The third kappa shape index (κ3) is 4.45. The molecule has 2 aromatic carbocycles. The first kappa shape index (κ1) is 21.8. The molecule has 8 heteroatoms. The predicted octanol–water partition coefficient (Wildman–Crippen LogP) is 2.53. The zero-order chi connectivity index (χ0) is 22.7. The van der Waals surface area contributed by atoms with E-state index >= 15 is 0 Å². The molecular formula is C24H27N3O5. The van der Waals surface area contributed by atoms with Crippen molar-refractivity contribution in [3.8, 4) is 5.75 Å². The van der Waals surface area contributed by atoms with Crippen molar-refractivity contribution in [1.29, 1.82) is 0 Å². The van der Waals surface area contributed by atoms with Crippen molar-refractivity contribution in [2.45, 2.75) is 32.4 Å². The number of carbonyl (C=O) groups is 3. The number of likely N-dealkylation sites (tertiary alicyclic amines) is 1. The second-order valence-electron chi connectivity index (χ2n) is 8.25. The molecule has 1 fully saturated rings. The fourth-order valence-corrected chi connectivity index (χ4v) is 4.44. The van der Waals surface area contributed by atoms with Gasteiger partial charge in [0.15, 0.2) is 0 Å². The maximum atomic E-state index is 13.7. The number of nitrogens with zero attached hydrogens (tertiary/aromatic N) is 2. The van der Waals surface area contributed by atoms with Gasteiger partial charge in [-0.25, -0.2) is 5.48 Å². The molecule has 0 bridgehead atoms. The van der Waals surface area contributed by atoms with Crippen LogP contribution in [0, 0.1) is 5.92 Å². The Hall–Kier alpha value is -3.39. The second kappa shape index (κ2) is 9.40. The van der Waals surface area contributed by atoms with Crippen molar-refractivity contribution in [2.75, 3.05) is 19.7 Å². The molecule has 0 aliphatic carbocycles. The van der Waals surface area contributed by atoms with Gasteiger partial charge in [0.1, 0.15) is 12.4 Å². The fourth-order valence-electron chi connectivity index (χ4n) is 4.44. The molecule has 168 valence electrons. The lowest BCUT2D eigenvalue weighted by Gasteiger charge is -2.36. The third-order valence-corrected chi connectivity index (χ3v) is 6.30. The molecule has 1 saturated heterocycles. The maximum Gasteiger partial charge on any atom is 0.274 e. The SMILES string of the molecule is CC(=O)N1CCC(C(=O)N2Cc3ccc(C(=O)NO)cc3OCC2c2ccccc2)CC1. The number of carbonyl (C=O) groups excluding carboxylic acids is 3. The van der Waals surface area contributed by atoms with E-state index in [2.05, 4.69) is 0 Å². The number of hydrogen-bond acceptors (Lipinski definition) is 5. The molecule has 0 aromatic heterocycles. The van der Waals surface area contributed by atoms with Crippen LogP contribution < -0.4 is 10.2 Å². The highest BCUT2D eigenvalue weighted by Gasteiger charge is 2.35. The number of hydroxylamine groups is 1. The molecular weight excluding hydrogens is 410 g/mol. The van der Waals surface area contributed by atoms with Crippen LogP contribution in [0.3, 0.4) is 0 Å². The van der Waals surface area contributed by atoms with Gasteiger partial charge in [0, 0.05) is 37.1 Å². The number of benzene rings is 2. The van der Waals surface area contributed by atoms with E-state index in [0.29, 0.717) is 38.2 Å². The maximum absolute atomic E-state index is 13.7. The zero-order valence-electron chi connectivity index (χ0n) is 18.0. The van der Waals surface area contributed by atoms with Crippen LogP contribution in [0.5, 0.6) is 5.75 Å². The van der Waals surface area contributed by atoms with Crippen LogP contribution in [-0.4, -0.2) is 52.4 Å². The summed E-state index contributed by atoms with van der Waals surface area (Å²) in [5.74, 6) is -0.162. The number of amides is 3. The molecule has 2 aliphatic heterocycles. The van der Waals surface area contributed by atoms with Crippen LogP contribution in [0.4, 0.5) is 0 Å². The number of ether oxygens (including phenoxy) is 1. The minimum atomic E-state index is -0.620. The van der Waals surface area contributed by atoms with Crippen LogP contribution in [0.25, 0.3) is 0 Å². The van der Waals surface area contributed by atoms with Gasteiger partial charge in [-0.1, -0.05) is 36.4 Å². The highest BCUT2D eigenvalue weighted by atomic mass is 16.5. The average Bonchev–Trinajstić information content (AvgIpc) is 3.03. The highest BCUT2D eigenvalue weighted by molar-refractivity contribution is 5.93. The average molecular weight is 437 g/mol. The summed E-state index contributed by atoms with van der Waals surface area (Å²) in [5.41, 5.74) is 3.68. The predicted molar refractivity (Wildman–Crippen MR) is 116 cm³/mol. The van der Waals surface area contributed by atoms with E-state index in [1.54, 1.807) is 35.5 Å². The molecule has 2 aliphatic rings.